The molecule has 1 aromatic carbocycles. The van der Waals surface area contributed by atoms with Crippen molar-refractivity contribution >= 4 is 17.9 Å². The third-order valence-electron chi connectivity index (χ3n) is 3.79. The minimum atomic E-state index is 0.0328. The minimum Gasteiger partial charge on any atom is -0.326 e. The quantitative estimate of drug-likeness (QED) is 0.814. The van der Waals surface area contributed by atoms with Crippen molar-refractivity contribution in [3.05, 3.63) is 29.8 Å². The Labute approximate surface area is 113 Å². The van der Waals surface area contributed by atoms with Gasteiger partial charge in [-0.25, -0.2) is 0 Å². The lowest BCUT2D eigenvalue weighted by Gasteiger charge is -2.24. The zero-order valence-electron chi connectivity index (χ0n) is 11.0. The Morgan fingerprint density at radius 3 is 2.37 bits per heavy atom. The van der Waals surface area contributed by atoms with Gasteiger partial charge in [-0.05, 0) is 43.4 Å². The monoisotopic (exact) mass is 260 g/mol. The van der Waals surface area contributed by atoms with Gasteiger partial charge in [0, 0.05) is 24.1 Å². The number of carbonyl (C=O) groups is 2. The van der Waals surface area contributed by atoms with Gasteiger partial charge in [0.1, 0.15) is 6.29 Å². The van der Waals surface area contributed by atoms with Crippen molar-refractivity contribution < 1.29 is 9.59 Å². The molecule has 2 rings (SSSR count). The van der Waals surface area contributed by atoms with E-state index in [1.54, 1.807) is 0 Å². The molecule has 1 saturated carbocycles. The molecule has 0 bridgehead atoms. The molecule has 0 aromatic heterocycles. The molecule has 0 heterocycles. The van der Waals surface area contributed by atoms with Gasteiger partial charge in [0.2, 0.25) is 5.91 Å². The summed E-state index contributed by atoms with van der Waals surface area (Å²) in [5.41, 5.74) is 7.38. The highest BCUT2D eigenvalue weighted by atomic mass is 16.1. The van der Waals surface area contributed by atoms with Crippen LogP contribution in [0, 0.1) is 11.8 Å². The van der Waals surface area contributed by atoms with Crippen LogP contribution in [0.1, 0.15) is 31.2 Å². The van der Waals surface area contributed by atoms with Gasteiger partial charge in [-0.15, -0.1) is 0 Å². The Balaban J connectivity index is 1.88. The molecule has 0 spiro atoms. The second kappa shape index (κ2) is 6.48. The predicted molar refractivity (Wildman–Crippen MR) is 74.5 cm³/mol. The summed E-state index contributed by atoms with van der Waals surface area (Å²) in [4.78, 5) is 22.8. The number of aldehydes is 1. The molecule has 0 aliphatic heterocycles. The molecular weight excluding hydrogens is 240 g/mol. The van der Waals surface area contributed by atoms with Crippen LogP contribution in [0.25, 0.3) is 0 Å². The number of nitrogens with two attached hydrogens (primary N) is 1. The fourth-order valence-corrected chi connectivity index (χ4v) is 2.49. The van der Waals surface area contributed by atoms with Crippen molar-refractivity contribution in [3.63, 3.8) is 0 Å². The number of benzene rings is 1. The third kappa shape index (κ3) is 3.64. The predicted octanol–water partition coefficient (Wildman–Crippen LogP) is 2.09. The Morgan fingerprint density at radius 1 is 1.21 bits per heavy atom. The molecule has 4 nitrogen and oxygen atoms in total. The summed E-state index contributed by atoms with van der Waals surface area (Å²) in [7, 11) is 0. The average molecular weight is 260 g/mol. The van der Waals surface area contributed by atoms with Gasteiger partial charge < -0.3 is 15.8 Å². The number of hydrogen-bond acceptors (Lipinski definition) is 3. The lowest BCUT2D eigenvalue weighted by molar-refractivity contribution is -0.122. The molecule has 0 atom stereocenters. The van der Waals surface area contributed by atoms with Crippen molar-refractivity contribution in [2.45, 2.75) is 32.2 Å². The molecule has 1 amide bonds. The lowest BCUT2D eigenvalue weighted by atomic mass is 9.82. The van der Waals surface area contributed by atoms with E-state index < -0.39 is 0 Å². The Bertz CT molecular complexity index is 434. The normalized spacial score (nSPS) is 22.8. The Morgan fingerprint density at radius 2 is 1.84 bits per heavy atom. The van der Waals surface area contributed by atoms with Crippen molar-refractivity contribution in [2.75, 3.05) is 5.32 Å². The molecule has 102 valence electrons. The van der Waals surface area contributed by atoms with Crippen molar-refractivity contribution in [2.24, 2.45) is 17.6 Å². The summed E-state index contributed by atoms with van der Waals surface area (Å²) in [6.45, 7) is 0.504. The maximum atomic E-state index is 12.1. The average Bonchev–Trinajstić information content (AvgIpc) is 2.48. The first kappa shape index (κ1) is 13.7. The van der Waals surface area contributed by atoms with Crippen molar-refractivity contribution in [1.82, 2.24) is 0 Å². The van der Waals surface area contributed by atoms with Crippen LogP contribution in [0.15, 0.2) is 24.3 Å². The molecule has 0 unspecified atom stereocenters. The van der Waals surface area contributed by atoms with E-state index in [2.05, 4.69) is 5.32 Å². The van der Waals surface area contributed by atoms with Crippen LogP contribution in [-0.4, -0.2) is 12.2 Å². The molecule has 1 aliphatic carbocycles. The van der Waals surface area contributed by atoms with Gasteiger partial charge in [0.25, 0.3) is 0 Å². The molecule has 1 fully saturated rings. The smallest absolute Gasteiger partial charge is 0.227 e. The van der Waals surface area contributed by atoms with Gasteiger partial charge in [-0.3, -0.25) is 4.79 Å². The van der Waals surface area contributed by atoms with E-state index in [4.69, 9.17) is 5.73 Å². The summed E-state index contributed by atoms with van der Waals surface area (Å²) in [5.74, 6) is 0.239. The summed E-state index contributed by atoms with van der Waals surface area (Å²) in [5, 5.41) is 2.93. The van der Waals surface area contributed by atoms with E-state index in [9.17, 15) is 9.59 Å². The van der Waals surface area contributed by atoms with Crippen LogP contribution >= 0.6 is 0 Å². The van der Waals surface area contributed by atoms with E-state index in [0.717, 1.165) is 43.2 Å². The van der Waals surface area contributed by atoms with Crippen LogP contribution in [0.4, 0.5) is 5.69 Å². The van der Waals surface area contributed by atoms with Gasteiger partial charge in [0.15, 0.2) is 0 Å². The molecule has 1 aliphatic rings. The number of rotatable bonds is 4. The fourth-order valence-electron chi connectivity index (χ4n) is 2.49. The van der Waals surface area contributed by atoms with E-state index in [1.165, 1.54) is 0 Å². The highest BCUT2D eigenvalue weighted by Gasteiger charge is 2.25. The number of hydrogen-bond donors (Lipinski definition) is 2. The highest BCUT2D eigenvalue weighted by Crippen LogP contribution is 2.28. The highest BCUT2D eigenvalue weighted by molar-refractivity contribution is 5.92. The van der Waals surface area contributed by atoms with Crippen LogP contribution in [0.5, 0.6) is 0 Å². The van der Waals surface area contributed by atoms with E-state index in [-0.39, 0.29) is 17.7 Å². The van der Waals surface area contributed by atoms with Crippen LogP contribution in [-0.2, 0) is 16.1 Å². The number of carbonyl (C=O) groups excluding carboxylic acids is 2. The molecule has 1 aromatic rings. The summed E-state index contributed by atoms with van der Waals surface area (Å²) >= 11 is 0. The second-order valence-electron chi connectivity index (χ2n) is 5.14. The largest absolute Gasteiger partial charge is 0.326 e. The zero-order chi connectivity index (χ0) is 13.7. The van der Waals surface area contributed by atoms with E-state index >= 15 is 0 Å². The van der Waals surface area contributed by atoms with E-state index in [0.29, 0.717) is 6.54 Å². The van der Waals surface area contributed by atoms with Gasteiger partial charge in [0.05, 0.1) is 0 Å². The topological polar surface area (TPSA) is 72.2 Å². The molecule has 4 heteroatoms. The van der Waals surface area contributed by atoms with Crippen molar-refractivity contribution in [1.29, 1.82) is 0 Å². The maximum absolute atomic E-state index is 12.1. The number of amides is 1. The van der Waals surface area contributed by atoms with Crippen LogP contribution in [0.2, 0.25) is 0 Å². The number of anilines is 1. The van der Waals surface area contributed by atoms with E-state index in [1.807, 2.05) is 24.3 Å². The second-order valence-corrected chi connectivity index (χ2v) is 5.14. The molecule has 0 saturated heterocycles. The Kier molecular flexibility index (Phi) is 4.68. The summed E-state index contributed by atoms with van der Waals surface area (Å²) in [6.07, 6.45) is 4.27. The summed E-state index contributed by atoms with van der Waals surface area (Å²) in [6, 6.07) is 7.58. The van der Waals surface area contributed by atoms with Gasteiger partial charge in [-0.2, -0.15) is 0 Å². The first-order valence-corrected chi connectivity index (χ1v) is 6.78. The van der Waals surface area contributed by atoms with Gasteiger partial charge in [-0.1, -0.05) is 12.1 Å². The van der Waals surface area contributed by atoms with Crippen LogP contribution < -0.4 is 11.1 Å². The molecular formula is C15H20N2O2. The molecule has 3 N–H and O–H groups in total. The molecule has 19 heavy (non-hydrogen) atoms. The zero-order valence-corrected chi connectivity index (χ0v) is 11.0. The van der Waals surface area contributed by atoms with Crippen molar-refractivity contribution in [3.8, 4) is 0 Å². The number of nitrogens with one attached hydrogen (secondary N) is 1. The summed E-state index contributed by atoms with van der Waals surface area (Å²) < 4.78 is 0. The van der Waals surface area contributed by atoms with Crippen LogP contribution in [0.3, 0.4) is 0 Å². The lowest BCUT2D eigenvalue weighted by Crippen LogP contribution is -2.27. The first-order valence-electron chi connectivity index (χ1n) is 6.78. The SMILES string of the molecule is NCc1ccc(NC(=O)[C@H]2CC[C@@H](C=O)CC2)cc1. The third-order valence-corrected chi connectivity index (χ3v) is 3.79. The Hall–Kier alpha value is -1.68. The molecule has 0 radical (unpaired) electrons. The van der Waals surface area contributed by atoms with Gasteiger partial charge >= 0.3 is 0 Å². The standard InChI is InChI=1S/C15H20N2O2/c16-9-11-3-7-14(8-4-11)17-15(19)13-5-1-12(10-18)2-6-13/h3-4,7-8,10,12-13H,1-2,5-6,9,16H2,(H,17,19)/t12-,13+. The first-order chi connectivity index (χ1) is 9.22. The fraction of sp³-hybridized carbons (Fsp3) is 0.467. The minimum absolute atomic E-state index is 0.0328. The maximum Gasteiger partial charge on any atom is 0.227 e.